The summed E-state index contributed by atoms with van der Waals surface area (Å²) in [6.45, 7) is 5.95. The summed E-state index contributed by atoms with van der Waals surface area (Å²) in [6.07, 6.45) is 1.36. The van der Waals surface area contributed by atoms with Gasteiger partial charge >= 0.3 is 0 Å². The van der Waals surface area contributed by atoms with E-state index in [1.54, 1.807) is 6.07 Å². The summed E-state index contributed by atoms with van der Waals surface area (Å²) in [5.41, 5.74) is 0.850. The van der Waals surface area contributed by atoms with Gasteiger partial charge < -0.3 is 9.84 Å². The monoisotopic (exact) mass is 242 g/mol. The van der Waals surface area contributed by atoms with Gasteiger partial charge in [-0.15, -0.1) is 0 Å². The molecular weight excluding hydrogens is 224 g/mol. The third kappa shape index (κ3) is 3.69. The molecule has 1 unspecified atom stereocenters. The van der Waals surface area contributed by atoms with Gasteiger partial charge in [0.2, 0.25) is 0 Å². The molecule has 0 fully saturated rings. The first-order chi connectivity index (χ1) is 7.54. The number of aliphatic hydroxyl groups is 1. The molecule has 0 saturated heterocycles. The number of benzene rings is 1. The van der Waals surface area contributed by atoms with Gasteiger partial charge in [-0.25, -0.2) is 0 Å². The normalized spacial score (nSPS) is 12.9. The van der Waals surface area contributed by atoms with Crippen LogP contribution in [-0.2, 0) is 0 Å². The fourth-order valence-corrected chi connectivity index (χ4v) is 1.75. The second-order valence-electron chi connectivity index (χ2n) is 4.16. The van der Waals surface area contributed by atoms with Crippen LogP contribution in [0.1, 0.15) is 45.3 Å². The minimum Gasteiger partial charge on any atom is -0.489 e. The van der Waals surface area contributed by atoms with E-state index in [2.05, 4.69) is 0 Å². The van der Waals surface area contributed by atoms with E-state index in [1.807, 2.05) is 32.9 Å². The summed E-state index contributed by atoms with van der Waals surface area (Å²) in [6, 6.07) is 5.46. The maximum atomic E-state index is 9.82. The number of ether oxygens (including phenoxy) is 1. The third-order valence-corrected chi connectivity index (χ3v) is 2.56. The molecule has 0 aliphatic heterocycles. The summed E-state index contributed by atoms with van der Waals surface area (Å²) >= 11 is 6.08. The van der Waals surface area contributed by atoms with Crippen LogP contribution >= 0.6 is 11.6 Å². The lowest BCUT2D eigenvalue weighted by Gasteiger charge is -2.14. The Morgan fingerprint density at radius 3 is 2.56 bits per heavy atom. The number of halogens is 1. The molecular formula is C13H19ClO2. The van der Waals surface area contributed by atoms with Gasteiger partial charge in [0.05, 0.1) is 17.2 Å². The highest BCUT2D eigenvalue weighted by molar-refractivity contribution is 6.32. The van der Waals surface area contributed by atoms with E-state index in [-0.39, 0.29) is 6.10 Å². The van der Waals surface area contributed by atoms with E-state index in [1.165, 1.54) is 0 Å². The molecule has 0 heterocycles. The first kappa shape index (κ1) is 13.3. The Balaban J connectivity index is 2.82. The van der Waals surface area contributed by atoms with E-state index in [0.717, 1.165) is 18.4 Å². The van der Waals surface area contributed by atoms with Crippen molar-refractivity contribution in [3.63, 3.8) is 0 Å². The van der Waals surface area contributed by atoms with E-state index in [0.29, 0.717) is 10.8 Å². The summed E-state index contributed by atoms with van der Waals surface area (Å²) < 4.78 is 5.53. The molecule has 0 saturated carbocycles. The Hall–Kier alpha value is -0.730. The highest BCUT2D eigenvalue weighted by Gasteiger charge is 2.10. The highest BCUT2D eigenvalue weighted by Crippen LogP contribution is 2.29. The zero-order valence-corrected chi connectivity index (χ0v) is 10.8. The van der Waals surface area contributed by atoms with Crippen LogP contribution in [-0.4, -0.2) is 11.2 Å². The average molecular weight is 243 g/mol. The molecule has 0 aromatic heterocycles. The van der Waals surface area contributed by atoms with Crippen molar-refractivity contribution in [1.82, 2.24) is 0 Å². The molecule has 1 N–H and O–H groups in total. The topological polar surface area (TPSA) is 29.5 Å². The zero-order chi connectivity index (χ0) is 12.1. The second kappa shape index (κ2) is 6.12. The number of hydrogen-bond acceptors (Lipinski definition) is 2. The van der Waals surface area contributed by atoms with Crippen LogP contribution in [0.25, 0.3) is 0 Å². The van der Waals surface area contributed by atoms with Crippen molar-refractivity contribution in [1.29, 1.82) is 0 Å². The molecule has 0 bridgehead atoms. The van der Waals surface area contributed by atoms with Gasteiger partial charge in [0.25, 0.3) is 0 Å². The quantitative estimate of drug-likeness (QED) is 0.847. The van der Waals surface area contributed by atoms with E-state index in [4.69, 9.17) is 16.3 Å². The zero-order valence-electron chi connectivity index (χ0n) is 10.0. The van der Waals surface area contributed by atoms with Crippen molar-refractivity contribution in [2.45, 2.75) is 45.8 Å². The molecule has 0 spiro atoms. The van der Waals surface area contributed by atoms with E-state index in [9.17, 15) is 5.11 Å². The minimum atomic E-state index is -0.435. The smallest absolute Gasteiger partial charge is 0.138 e. The lowest BCUT2D eigenvalue weighted by molar-refractivity contribution is 0.166. The maximum absolute atomic E-state index is 9.82. The Bertz CT molecular complexity index is 337. The van der Waals surface area contributed by atoms with Gasteiger partial charge in [0.15, 0.2) is 0 Å². The summed E-state index contributed by atoms with van der Waals surface area (Å²) in [4.78, 5) is 0. The van der Waals surface area contributed by atoms with Crippen LogP contribution in [0.4, 0.5) is 0 Å². The third-order valence-electron chi connectivity index (χ3n) is 2.27. The predicted molar refractivity (Wildman–Crippen MR) is 67.1 cm³/mol. The molecule has 1 atom stereocenters. The predicted octanol–water partition coefficient (Wildman–Crippen LogP) is 3.96. The van der Waals surface area contributed by atoms with Crippen LogP contribution in [0.5, 0.6) is 5.75 Å². The largest absolute Gasteiger partial charge is 0.489 e. The lowest BCUT2D eigenvalue weighted by atomic mass is 10.1. The standard InChI is InChI=1S/C13H19ClO2/c1-4-5-12(15)10-6-7-13(11(14)8-10)16-9(2)3/h6-9,12,15H,4-5H2,1-3H3. The van der Waals surface area contributed by atoms with Gasteiger partial charge in [0, 0.05) is 0 Å². The second-order valence-corrected chi connectivity index (χ2v) is 4.57. The average Bonchev–Trinajstić information content (AvgIpc) is 2.20. The van der Waals surface area contributed by atoms with Crippen LogP contribution in [0.3, 0.4) is 0 Å². The van der Waals surface area contributed by atoms with Gasteiger partial charge in [-0.2, -0.15) is 0 Å². The fraction of sp³-hybridized carbons (Fsp3) is 0.538. The molecule has 3 heteroatoms. The Labute approximate surface area is 102 Å². The fourth-order valence-electron chi connectivity index (χ4n) is 1.51. The van der Waals surface area contributed by atoms with Crippen molar-refractivity contribution in [2.75, 3.05) is 0 Å². The molecule has 0 aliphatic rings. The molecule has 0 radical (unpaired) electrons. The molecule has 0 aliphatic carbocycles. The number of rotatable bonds is 5. The van der Waals surface area contributed by atoms with E-state index >= 15 is 0 Å². The Morgan fingerprint density at radius 1 is 1.38 bits per heavy atom. The van der Waals surface area contributed by atoms with Crippen LogP contribution in [0.2, 0.25) is 5.02 Å². The van der Waals surface area contributed by atoms with Crippen LogP contribution in [0.15, 0.2) is 18.2 Å². The van der Waals surface area contributed by atoms with Crippen molar-refractivity contribution >= 4 is 11.6 Å². The lowest BCUT2D eigenvalue weighted by Crippen LogP contribution is -2.06. The Morgan fingerprint density at radius 2 is 2.06 bits per heavy atom. The van der Waals surface area contributed by atoms with Gasteiger partial charge in [-0.3, -0.25) is 0 Å². The van der Waals surface area contributed by atoms with Crippen molar-refractivity contribution in [2.24, 2.45) is 0 Å². The van der Waals surface area contributed by atoms with Gasteiger partial charge in [-0.1, -0.05) is 31.0 Å². The molecule has 1 aromatic carbocycles. The van der Waals surface area contributed by atoms with Crippen molar-refractivity contribution in [3.8, 4) is 5.75 Å². The minimum absolute atomic E-state index is 0.101. The molecule has 1 aromatic rings. The molecule has 2 nitrogen and oxygen atoms in total. The number of aliphatic hydroxyl groups excluding tert-OH is 1. The molecule has 1 rings (SSSR count). The van der Waals surface area contributed by atoms with Crippen molar-refractivity contribution < 1.29 is 9.84 Å². The first-order valence-corrected chi connectivity index (χ1v) is 6.06. The van der Waals surface area contributed by atoms with Crippen molar-refractivity contribution in [3.05, 3.63) is 28.8 Å². The van der Waals surface area contributed by atoms with E-state index < -0.39 is 6.10 Å². The highest BCUT2D eigenvalue weighted by atomic mass is 35.5. The SMILES string of the molecule is CCCC(O)c1ccc(OC(C)C)c(Cl)c1. The molecule has 90 valence electrons. The Kier molecular flexibility index (Phi) is 5.10. The van der Waals surface area contributed by atoms with Gasteiger partial charge in [-0.05, 0) is 38.0 Å². The first-order valence-electron chi connectivity index (χ1n) is 5.68. The summed E-state index contributed by atoms with van der Waals surface area (Å²) in [7, 11) is 0. The summed E-state index contributed by atoms with van der Waals surface area (Å²) in [5, 5.41) is 10.4. The molecule has 0 amide bonds. The molecule has 16 heavy (non-hydrogen) atoms. The van der Waals surface area contributed by atoms with Crippen LogP contribution < -0.4 is 4.74 Å². The maximum Gasteiger partial charge on any atom is 0.138 e. The summed E-state index contributed by atoms with van der Waals surface area (Å²) in [5.74, 6) is 0.670. The van der Waals surface area contributed by atoms with Crippen LogP contribution in [0, 0.1) is 0 Å². The number of hydrogen-bond donors (Lipinski definition) is 1. The van der Waals surface area contributed by atoms with Gasteiger partial charge in [0.1, 0.15) is 5.75 Å².